The van der Waals surface area contributed by atoms with Crippen molar-refractivity contribution in [2.24, 2.45) is 11.8 Å². The SMILES string of the molecule is CCn1nc(C)c(NC(=O)CN2C[C@H]3C[C@@H](N4CCOCC4)[C@H](O)C[C@H]3C2)c1C. The number of carbonyl (C=O) groups excluding carboxylic acids is 1. The Balaban J connectivity index is 1.33. The Morgan fingerprint density at radius 2 is 1.90 bits per heavy atom. The molecular weight excluding hydrogens is 370 g/mol. The molecule has 1 aromatic rings. The number of carbonyl (C=O) groups is 1. The van der Waals surface area contributed by atoms with Crippen LogP contribution in [0.1, 0.15) is 31.2 Å². The molecule has 0 bridgehead atoms. The molecule has 1 saturated carbocycles. The van der Waals surface area contributed by atoms with Crippen molar-refractivity contribution in [3.8, 4) is 0 Å². The summed E-state index contributed by atoms with van der Waals surface area (Å²) in [5.74, 6) is 1.07. The maximum Gasteiger partial charge on any atom is 0.238 e. The first kappa shape index (κ1) is 20.8. The highest BCUT2D eigenvalue weighted by Gasteiger charge is 2.43. The smallest absolute Gasteiger partial charge is 0.238 e. The Labute approximate surface area is 173 Å². The molecule has 2 N–H and O–H groups in total. The quantitative estimate of drug-likeness (QED) is 0.756. The summed E-state index contributed by atoms with van der Waals surface area (Å²) >= 11 is 0. The molecule has 0 spiro atoms. The molecular formula is C21H35N5O3. The summed E-state index contributed by atoms with van der Waals surface area (Å²) in [6.07, 6.45) is 1.59. The van der Waals surface area contributed by atoms with Crippen molar-refractivity contribution in [2.45, 2.75) is 52.3 Å². The molecule has 4 rings (SSSR count). The second kappa shape index (κ2) is 8.71. The van der Waals surface area contributed by atoms with E-state index >= 15 is 0 Å². The van der Waals surface area contributed by atoms with Crippen LogP contribution in [-0.2, 0) is 16.1 Å². The number of hydrogen-bond donors (Lipinski definition) is 2. The highest BCUT2D eigenvalue weighted by Crippen LogP contribution is 2.38. The van der Waals surface area contributed by atoms with Gasteiger partial charge in [0.25, 0.3) is 0 Å². The molecule has 1 aliphatic carbocycles. The van der Waals surface area contributed by atoms with Gasteiger partial charge < -0.3 is 15.2 Å². The average molecular weight is 406 g/mol. The van der Waals surface area contributed by atoms with E-state index in [1.54, 1.807) is 0 Å². The predicted octanol–water partition coefficient (Wildman–Crippen LogP) is 0.862. The van der Waals surface area contributed by atoms with Gasteiger partial charge in [0.1, 0.15) is 0 Å². The van der Waals surface area contributed by atoms with E-state index in [0.717, 1.165) is 75.9 Å². The van der Waals surface area contributed by atoms with Crippen molar-refractivity contribution in [1.82, 2.24) is 19.6 Å². The van der Waals surface area contributed by atoms with Crippen LogP contribution < -0.4 is 5.32 Å². The minimum Gasteiger partial charge on any atom is -0.391 e. The van der Waals surface area contributed by atoms with Gasteiger partial charge in [-0.2, -0.15) is 5.10 Å². The van der Waals surface area contributed by atoms with Gasteiger partial charge in [0, 0.05) is 38.8 Å². The third-order valence-electron chi connectivity index (χ3n) is 7.01. The summed E-state index contributed by atoms with van der Waals surface area (Å²) in [5, 5.41) is 18.3. The van der Waals surface area contributed by atoms with E-state index in [2.05, 4.69) is 27.1 Å². The zero-order valence-electron chi connectivity index (χ0n) is 17.9. The summed E-state index contributed by atoms with van der Waals surface area (Å²) in [6.45, 7) is 12.4. The number of nitrogens with zero attached hydrogens (tertiary/aromatic N) is 4. The van der Waals surface area contributed by atoms with Crippen molar-refractivity contribution >= 4 is 11.6 Å². The van der Waals surface area contributed by atoms with E-state index in [-0.39, 0.29) is 18.1 Å². The fourth-order valence-corrected chi connectivity index (χ4v) is 5.50. The summed E-state index contributed by atoms with van der Waals surface area (Å²) in [4.78, 5) is 17.3. The van der Waals surface area contributed by atoms with E-state index in [9.17, 15) is 9.90 Å². The number of ether oxygens (including phenoxy) is 1. The normalized spacial score (nSPS) is 31.0. The highest BCUT2D eigenvalue weighted by molar-refractivity contribution is 5.93. The standard InChI is InChI=1S/C21H35N5O3/c1-4-26-15(3)21(14(2)23-26)22-20(28)13-24-11-16-9-18(19(27)10-17(16)12-24)25-5-7-29-8-6-25/h16-19,27H,4-13H2,1-3H3,(H,22,28)/t16-,17+,18-,19-/m1/s1. The summed E-state index contributed by atoms with van der Waals surface area (Å²) in [7, 11) is 0. The number of rotatable bonds is 5. The lowest BCUT2D eigenvalue weighted by molar-refractivity contribution is -0.117. The van der Waals surface area contributed by atoms with Crippen LogP contribution >= 0.6 is 0 Å². The zero-order valence-corrected chi connectivity index (χ0v) is 17.9. The maximum absolute atomic E-state index is 12.7. The molecule has 8 heteroatoms. The average Bonchev–Trinajstić information content (AvgIpc) is 3.21. The van der Waals surface area contributed by atoms with Gasteiger partial charge in [-0.3, -0.25) is 19.3 Å². The van der Waals surface area contributed by atoms with Gasteiger partial charge in [0.15, 0.2) is 0 Å². The minimum atomic E-state index is -0.270. The molecule has 29 heavy (non-hydrogen) atoms. The fraction of sp³-hybridized carbons (Fsp3) is 0.810. The van der Waals surface area contributed by atoms with Crippen LogP contribution in [0.5, 0.6) is 0 Å². The summed E-state index contributed by atoms with van der Waals surface area (Å²) < 4.78 is 7.38. The minimum absolute atomic E-state index is 0.0239. The number of amides is 1. The first-order chi connectivity index (χ1) is 14.0. The van der Waals surface area contributed by atoms with Crippen molar-refractivity contribution in [2.75, 3.05) is 51.3 Å². The number of aliphatic hydroxyl groups excluding tert-OH is 1. The molecule has 3 aliphatic rings. The Bertz CT molecular complexity index is 730. The van der Waals surface area contributed by atoms with E-state index in [1.807, 2.05) is 18.5 Å². The van der Waals surface area contributed by atoms with Crippen LogP contribution in [0.4, 0.5) is 5.69 Å². The van der Waals surface area contributed by atoms with Gasteiger partial charge in [-0.25, -0.2) is 0 Å². The van der Waals surface area contributed by atoms with Crippen molar-refractivity contribution in [3.63, 3.8) is 0 Å². The Hall–Kier alpha value is -1.48. The number of likely N-dealkylation sites (tertiary alicyclic amines) is 1. The molecule has 3 fully saturated rings. The molecule has 4 atom stereocenters. The van der Waals surface area contributed by atoms with Crippen molar-refractivity contribution in [3.05, 3.63) is 11.4 Å². The van der Waals surface area contributed by atoms with Gasteiger partial charge in [0.05, 0.1) is 42.9 Å². The largest absolute Gasteiger partial charge is 0.391 e. The maximum atomic E-state index is 12.7. The number of nitrogens with one attached hydrogen (secondary N) is 1. The van der Waals surface area contributed by atoms with E-state index < -0.39 is 0 Å². The highest BCUT2D eigenvalue weighted by atomic mass is 16.5. The molecule has 8 nitrogen and oxygen atoms in total. The molecule has 1 aromatic heterocycles. The van der Waals surface area contributed by atoms with Crippen LogP contribution in [0.15, 0.2) is 0 Å². The number of fused-ring (bicyclic) bond motifs is 1. The monoisotopic (exact) mass is 405 g/mol. The molecule has 2 saturated heterocycles. The zero-order chi connectivity index (χ0) is 20.5. The molecule has 0 unspecified atom stereocenters. The van der Waals surface area contributed by atoms with Crippen LogP contribution in [0.2, 0.25) is 0 Å². The van der Waals surface area contributed by atoms with Crippen LogP contribution in [0.3, 0.4) is 0 Å². The van der Waals surface area contributed by atoms with Crippen molar-refractivity contribution in [1.29, 1.82) is 0 Å². The topological polar surface area (TPSA) is 82.9 Å². The second-order valence-corrected chi connectivity index (χ2v) is 8.88. The van der Waals surface area contributed by atoms with Gasteiger partial charge in [0.2, 0.25) is 5.91 Å². The van der Waals surface area contributed by atoms with Crippen LogP contribution in [0, 0.1) is 25.7 Å². The van der Waals surface area contributed by atoms with Gasteiger partial charge in [-0.15, -0.1) is 0 Å². The van der Waals surface area contributed by atoms with E-state index in [4.69, 9.17) is 4.74 Å². The Kier molecular flexibility index (Phi) is 6.24. The lowest BCUT2D eigenvalue weighted by Gasteiger charge is -2.43. The number of aryl methyl sites for hydroxylation is 2. The van der Waals surface area contributed by atoms with Gasteiger partial charge >= 0.3 is 0 Å². The van der Waals surface area contributed by atoms with E-state index in [0.29, 0.717) is 18.4 Å². The number of morpholine rings is 1. The third kappa shape index (κ3) is 4.35. The number of anilines is 1. The molecule has 162 valence electrons. The first-order valence-corrected chi connectivity index (χ1v) is 11.0. The van der Waals surface area contributed by atoms with E-state index in [1.165, 1.54) is 0 Å². The van der Waals surface area contributed by atoms with Gasteiger partial charge in [-0.05, 0) is 45.4 Å². The third-order valence-corrected chi connectivity index (χ3v) is 7.01. The lowest BCUT2D eigenvalue weighted by atomic mass is 9.77. The summed E-state index contributed by atoms with van der Waals surface area (Å²) in [5.41, 5.74) is 2.71. The number of aliphatic hydroxyl groups is 1. The Morgan fingerprint density at radius 1 is 1.21 bits per heavy atom. The molecule has 0 aromatic carbocycles. The predicted molar refractivity (Wildman–Crippen MR) is 111 cm³/mol. The van der Waals surface area contributed by atoms with Crippen LogP contribution in [-0.4, -0.2) is 88.7 Å². The first-order valence-electron chi connectivity index (χ1n) is 11.0. The molecule has 1 amide bonds. The fourth-order valence-electron chi connectivity index (χ4n) is 5.50. The second-order valence-electron chi connectivity index (χ2n) is 8.88. The number of aromatic nitrogens is 2. The molecule has 3 heterocycles. The summed E-state index contributed by atoms with van der Waals surface area (Å²) in [6, 6.07) is 0.235. The van der Waals surface area contributed by atoms with Crippen LogP contribution in [0.25, 0.3) is 0 Å². The van der Waals surface area contributed by atoms with Gasteiger partial charge in [-0.1, -0.05) is 0 Å². The Morgan fingerprint density at radius 3 is 2.55 bits per heavy atom. The number of hydrogen-bond acceptors (Lipinski definition) is 6. The van der Waals surface area contributed by atoms with Crippen molar-refractivity contribution < 1.29 is 14.6 Å². The lowest BCUT2D eigenvalue weighted by Crippen LogP contribution is -2.53. The molecule has 2 aliphatic heterocycles. The molecule has 0 radical (unpaired) electrons.